The molecule has 8 heteroatoms. The van der Waals surface area contributed by atoms with Crippen LogP contribution in [0.3, 0.4) is 0 Å². The maximum Gasteiger partial charge on any atom is 0.311 e. The summed E-state index contributed by atoms with van der Waals surface area (Å²) in [6.07, 6.45) is 1.78. The van der Waals surface area contributed by atoms with E-state index in [0.717, 1.165) is 17.7 Å². The Kier molecular flexibility index (Phi) is 4.26. The molecule has 2 heterocycles. The quantitative estimate of drug-likeness (QED) is 0.599. The highest BCUT2D eigenvalue weighted by Crippen LogP contribution is 2.16. The molecule has 4 amide bonds. The van der Waals surface area contributed by atoms with E-state index in [1.165, 1.54) is 4.90 Å². The lowest BCUT2D eigenvalue weighted by Gasteiger charge is -2.29. The summed E-state index contributed by atoms with van der Waals surface area (Å²) in [6.45, 7) is 4.26. The van der Waals surface area contributed by atoms with Gasteiger partial charge in [-0.15, -0.1) is 0 Å². The summed E-state index contributed by atoms with van der Waals surface area (Å²) in [5.74, 6) is -2.30. The van der Waals surface area contributed by atoms with E-state index in [4.69, 9.17) is 0 Å². The zero-order valence-corrected chi connectivity index (χ0v) is 12.3. The third-order valence-corrected chi connectivity index (χ3v) is 3.72. The predicted molar refractivity (Wildman–Crippen MR) is 72.8 cm³/mol. The van der Waals surface area contributed by atoms with Crippen molar-refractivity contribution in [2.75, 3.05) is 26.2 Å². The monoisotopic (exact) mass is 296 g/mol. The predicted octanol–water partition coefficient (Wildman–Crippen LogP) is -1.58. The van der Waals surface area contributed by atoms with E-state index in [0.29, 0.717) is 13.1 Å². The van der Waals surface area contributed by atoms with Gasteiger partial charge >= 0.3 is 11.8 Å². The van der Waals surface area contributed by atoms with Crippen LogP contribution in [0.4, 0.5) is 0 Å². The number of nitrogens with zero attached hydrogens (tertiary/aromatic N) is 2. The molecule has 21 heavy (non-hydrogen) atoms. The van der Waals surface area contributed by atoms with E-state index in [2.05, 4.69) is 10.6 Å². The number of nitrogens with one attached hydrogen (secondary N) is 2. The van der Waals surface area contributed by atoms with Crippen LogP contribution in [0.1, 0.15) is 26.7 Å². The van der Waals surface area contributed by atoms with Crippen LogP contribution >= 0.6 is 0 Å². The van der Waals surface area contributed by atoms with Crippen LogP contribution in [0.5, 0.6) is 0 Å². The second kappa shape index (κ2) is 5.80. The van der Waals surface area contributed by atoms with Gasteiger partial charge in [0.15, 0.2) is 0 Å². The summed E-state index contributed by atoms with van der Waals surface area (Å²) in [6, 6.07) is 0. The molecule has 0 aromatic rings. The maximum atomic E-state index is 12.0. The zero-order valence-electron chi connectivity index (χ0n) is 12.3. The summed E-state index contributed by atoms with van der Waals surface area (Å²) in [5, 5.41) is 5.19. The molecule has 0 spiro atoms. The van der Waals surface area contributed by atoms with Gasteiger partial charge in [0.2, 0.25) is 11.8 Å². The van der Waals surface area contributed by atoms with Crippen molar-refractivity contribution in [3.8, 4) is 0 Å². The molecule has 116 valence electrons. The highest BCUT2D eigenvalue weighted by molar-refractivity contribution is 6.35. The van der Waals surface area contributed by atoms with E-state index >= 15 is 0 Å². The number of carbonyl (C=O) groups is 4. The van der Waals surface area contributed by atoms with E-state index in [9.17, 15) is 19.2 Å². The normalized spacial score (nSPS) is 20.8. The van der Waals surface area contributed by atoms with E-state index in [-0.39, 0.29) is 19.0 Å². The largest absolute Gasteiger partial charge is 0.339 e. The number of amides is 4. The first-order valence-electron chi connectivity index (χ1n) is 7.01. The van der Waals surface area contributed by atoms with Gasteiger partial charge in [-0.2, -0.15) is 0 Å². The van der Waals surface area contributed by atoms with Gasteiger partial charge in [0.1, 0.15) is 0 Å². The number of hydrogen-bond donors (Lipinski definition) is 2. The first kappa shape index (κ1) is 15.4. The Hall–Kier alpha value is -1.96. The number of rotatable bonds is 2. The molecule has 0 radical (unpaired) electrons. The standard InChI is InChI=1S/C13H20N4O4/c1-13(2)15-8-10(19)17(13)9(18)7-14-11(20)12(21)16-5-3-4-6-16/h15H,3-8H2,1-2H3,(H,14,20). The van der Waals surface area contributed by atoms with Crippen molar-refractivity contribution in [1.82, 2.24) is 20.4 Å². The molecule has 8 nitrogen and oxygen atoms in total. The number of likely N-dealkylation sites (tertiary alicyclic amines) is 1. The molecule has 0 aromatic carbocycles. The molecular weight excluding hydrogens is 276 g/mol. The first-order chi connectivity index (χ1) is 9.83. The van der Waals surface area contributed by atoms with Crippen molar-refractivity contribution in [2.24, 2.45) is 0 Å². The Morgan fingerprint density at radius 1 is 1.24 bits per heavy atom. The summed E-state index contributed by atoms with van der Waals surface area (Å²) < 4.78 is 0. The molecule has 2 aliphatic heterocycles. The van der Waals surface area contributed by atoms with Crippen molar-refractivity contribution >= 4 is 23.6 Å². The minimum Gasteiger partial charge on any atom is -0.339 e. The van der Waals surface area contributed by atoms with Gasteiger partial charge in [0, 0.05) is 13.1 Å². The van der Waals surface area contributed by atoms with Gasteiger partial charge in [0.05, 0.1) is 18.8 Å². The van der Waals surface area contributed by atoms with Crippen LogP contribution in [0.2, 0.25) is 0 Å². The van der Waals surface area contributed by atoms with Gasteiger partial charge in [0.25, 0.3) is 0 Å². The molecule has 2 N–H and O–H groups in total. The van der Waals surface area contributed by atoms with E-state index in [1.54, 1.807) is 13.8 Å². The average Bonchev–Trinajstić information content (AvgIpc) is 3.03. The number of carbonyl (C=O) groups excluding carboxylic acids is 4. The molecule has 2 fully saturated rings. The lowest BCUT2D eigenvalue weighted by Crippen LogP contribution is -2.53. The molecule has 2 aliphatic rings. The summed E-state index contributed by atoms with van der Waals surface area (Å²) in [5.41, 5.74) is -0.780. The molecule has 0 saturated carbocycles. The Morgan fingerprint density at radius 3 is 2.38 bits per heavy atom. The van der Waals surface area contributed by atoms with Crippen LogP contribution in [0, 0.1) is 0 Å². The Morgan fingerprint density at radius 2 is 1.86 bits per heavy atom. The SMILES string of the molecule is CC1(C)NCC(=O)N1C(=O)CNC(=O)C(=O)N1CCCC1. The smallest absolute Gasteiger partial charge is 0.311 e. The number of hydrogen-bond acceptors (Lipinski definition) is 5. The molecule has 0 unspecified atom stereocenters. The van der Waals surface area contributed by atoms with Crippen LogP contribution < -0.4 is 10.6 Å². The van der Waals surface area contributed by atoms with Crippen LogP contribution in [-0.2, 0) is 19.2 Å². The topological polar surface area (TPSA) is 98.8 Å². The summed E-state index contributed by atoms with van der Waals surface area (Å²) in [7, 11) is 0. The Labute approximate surface area is 122 Å². The van der Waals surface area contributed by atoms with Gasteiger partial charge < -0.3 is 10.2 Å². The van der Waals surface area contributed by atoms with Crippen molar-refractivity contribution in [1.29, 1.82) is 0 Å². The third kappa shape index (κ3) is 3.21. The summed E-state index contributed by atoms with van der Waals surface area (Å²) >= 11 is 0. The highest BCUT2D eigenvalue weighted by atomic mass is 16.2. The molecule has 0 aliphatic carbocycles. The maximum absolute atomic E-state index is 12.0. The fourth-order valence-electron chi connectivity index (χ4n) is 2.59. The number of imide groups is 1. The first-order valence-corrected chi connectivity index (χ1v) is 7.01. The van der Waals surface area contributed by atoms with E-state index < -0.39 is 23.4 Å². The van der Waals surface area contributed by atoms with E-state index in [1.807, 2.05) is 0 Å². The second-order valence-corrected chi connectivity index (χ2v) is 5.72. The molecule has 2 saturated heterocycles. The van der Waals surface area contributed by atoms with Crippen LogP contribution in [0.15, 0.2) is 0 Å². The lowest BCUT2D eigenvalue weighted by molar-refractivity contribution is -0.148. The minimum absolute atomic E-state index is 0.0827. The molecule has 2 rings (SSSR count). The van der Waals surface area contributed by atoms with Gasteiger partial charge in [-0.1, -0.05) is 0 Å². The zero-order chi connectivity index (χ0) is 15.6. The Balaban J connectivity index is 1.87. The third-order valence-electron chi connectivity index (χ3n) is 3.72. The molecular formula is C13H20N4O4. The van der Waals surface area contributed by atoms with Crippen LogP contribution in [-0.4, -0.2) is 65.3 Å². The minimum atomic E-state index is -0.803. The fourth-order valence-corrected chi connectivity index (χ4v) is 2.59. The molecule has 0 bridgehead atoms. The highest BCUT2D eigenvalue weighted by Gasteiger charge is 2.41. The Bertz CT molecular complexity index is 483. The van der Waals surface area contributed by atoms with Gasteiger partial charge in [-0.25, -0.2) is 0 Å². The molecule has 0 atom stereocenters. The van der Waals surface area contributed by atoms with Crippen LogP contribution in [0.25, 0.3) is 0 Å². The molecule has 0 aromatic heterocycles. The fraction of sp³-hybridized carbons (Fsp3) is 0.692. The van der Waals surface area contributed by atoms with Gasteiger partial charge in [-0.3, -0.25) is 29.4 Å². The van der Waals surface area contributed by atoms with Crippen molar-refractivity contribution in [2.45, 2.75) is 32.4 Å². The average molecular weight is 296 g/mol. The van der Waals surface area contributed by atoms with Gasteiger partial charge in [-0.05, 0) is 26.7 Å². The second-order valence-electron chi connectivity index (χ2n) is 5.72. The summed E-state index contributed by atoms with van der Waals surface area (Å²) in [4.78, 5) is 49.8. The van der Waals surface area contributed by atoms with Crippen molar-refractivity contribution in [3.05, 3.63) is 0 Å². The lowest BCUT2D eigenvalue weighted by atomic mass is 10.2. The van der Waals surface area contributed by atoms with Crippen molar-refractivity contribution < 1.29 is 19.2 Å². The van der Waals surface area contributed by atoms with Crippen molar-refractivity contribution in [3.63, 3.8) is 0 Å².